The van der Waals surface area contributed by atoms with Crippen molar-refractivity contribution in [2.45, 2.75) is 31.8 Å². The van der Waals surface area contributed by atoms with Gasteiger partial charge in [-0.3, -0.25) is 4.79 Å². The Morgan fingerprint density at radius 2 is 2.26 bits per heavy atom. The number of carbonyl (C=O) groups excluding carboxylic acids is 1. The number of carboxylic acid groups (broad SMARTS) is 1. The number of piperidine rings is 1. The van der Waals surface area contributed by atoms with Crippen LogP contribution < -0.4 is 10.6 Å². The predicted molar refractivity (Wildman–Crippen MR) is 68.7 cm³/mol. The third-order valence-corrected chi connectivity index (χ3v) is 3.14. The summed E-state index contributed by atoms with van der Waals surface area (Å²) >= 11 is 0. The zero-order valence-electron chi connectivity index (χ0n) is 10.6. The van der Waals surface area contributed by atoms with Gasteiger partial charge in [-0.2, -0.15) is 0 Å². The van der Waals surface area contributed by atoms with E-state index in [4.69, 9.17) is 5.11 Å². The number of hydrogen-bond acceptors (Lipinski definition) is 4. The smallest absolute Gasteiger partial charge is 0.354 e. The number of carboxylic acids is 1. The van der Waals surface area contributed by atoms with Gasteiger partial charge in [0, 0.05) is 12.7 Å². The molecule has 0 spiro atoms. The van der Waals surface area contributed by atoms with Crippen LogP contribution in [-0.4, -0.2) is 34.6 Å². The molecule has 0 radical (unpaired) electrons. The van der Waals surface area contributed by atoms with Crippen LogP contribution in [0.3, 0.4) is 0 Å². The van der Waals surface area contributed by atoms with Gasteiger partial charge in [-0.05, 0) is 31.0 Å². The third-order valence-electron chi connectivity index (χ3n) is 3.14. The Morgan fingerprint density at radius 1 is 1.42 bits per heavy atom. The number of pyridine rings is 1. The van der Waals surface area contributed by atoms with Gasteiger partial charge in [0.25, 0.3) is 0 Å². The Balaban J connectivity index is 1.84. The standard InChI is InChI=1S/C13H17N3O3/c17-12(10-3-1-2-6-14-10)16-8-9-4-5-11(13(18)19)15-7-9/h4-5,7,10,14H,1-3,6,8H2,(H,16,17)(H,18,19)/t10-/m1/s1. The van der Waals surface area contributed by atoms with Crippen LogP contribution in [0.2, 0.25) is 0 Å². The molecule has 6 heteroatoms. The average molecular weight is 263 g/mol. The molecule has 1 aromatic heterocycles. The lowest BCUT2D eigenvalue weighted by Gasteiger charge is -2.22. The summed E-state index contributed by atoms with van der Waals surface area (Å²) in [4.78, 5) is 26.3. The summed E-state index contributed by atoms with van der Waals surface area (Å²) in [7, 11) is 0. The maximum Gasteiger partial charge on any atom is 0.354 e. The molecule has 1 aliphatic rings. The van der Waals surface area contributed by atoms with E-state index in [1.54, 1.807) is 6.07 Å². The Hall–Kier alpha value is -1.95. The van der Waals surface area contributed by atoms with Crippen molar-refractivity contribution in [2.75, 3.05) is 6.54 Å². The van der Waals surface area contributed by atoms with Crippen LogP contribution in [0.15, 0.2) is 18.3 Å². The zero-order valence-corrected chi connectivity index (χ0v) is 10.6. The summed E-state index contributed by atoms with van der Waals surface area (Å²) in [5.74, 6) is -1.07. The summed E-state index contributed by atoms with van der Waals surface area (Å²) in [6.45, 7) is 1.25. The maximum atomic E-state index is 11.9. The molecule has 0 saturated carbocycles. The molecule has 19 heavy (non-hydrogen) atoms. The van der Waals surface area contributed by atoms with E-state index in [1.165, 1.54) is 12.3 Å². The van der Waals surface area contributed by atoms with Crippen LogP contribution in [0.4, 0.5) is 0 Å². The van der Waals surface area contributed by atoms with Gasteiger partial charge in [-0.15, -0.1) is 0 Å². The number of hydrogen-bond donors (Lipinski definition) is 3. The molecule has 0 unspecified atom stereocenters. The minimum atomic E-state index is -1.05. The highest BCUT2D eigenvalue weighted by atomic mass is 16.4. The van der Waals surface area contributed by atoms with Gasteiger partial charge in [-0.25, -0.2) is 9.78 Å². The summed E-state index contributed by atoms with van der Waals surface area (Å²) in [6.07, 6.45) is 4.52. The van der Waals surface area contributed by atoms with Crippen molar-refractivity contribution in [1.29, 1.82) is 0 Å². The molecule has 6 nitrogen and oxygen atoms in total. The molecular weight excluding hydrogens is 246 g/mol. The molecule has 102 valence electrons. The highest BCUT2D eigenvalue weighted by Gasteiger charge is 2.19. The van der Waals surface area contributed by atoms with Crippen LogP contribution in [0.5, 0.6) is 0 Å². The van der Waals surface area contributed by atoms with Gasteiger partial charge >= 0.3 is 5.97 Å². The second-order valence-electron chi connectivity index (χ2n) is 4.58. The van der Waals surface area contributed by atoms with Gasteiger partial charge in [0.15, 0.2) is 0 Å². The Kier molecular flexibility index (Phi) is 4.46. The lowest BCUT2D eigenvalue weighted by Crippen LogP contribution is -2.46. The Morgan fingerprint density at radius 3 is 2.84 bits per heavy atom. The van der Waals surface area contributed by atoms with Crippen LogP contribution in [0.25, 0.3) is 0 Å². The summed E-state index contributed by atoms with van der Waals surface area (Å²) < 4.78 is 0. The lowest BCUT2D eigenvalue weighted by molar-refractivity contribution is -0.123. The van der Waals surface area contributed by atoms with Crippen LogP contribution >= 0.6 is 0 Å². The number of aromatic carboxylic acids is 1. The number of nitrogens with zero attached hydrogens (tertiary/aromatic N) is 1. The fourth-order valence-corrected chi connectivity index (χ4v) is 2.04. The largest absolute Gasteiger partial charge is 0.477 e. The van der Waals surface area contributed by atoms with Gasteiger partial charge in [0.2, 0.25) is 5.91 Å². The summed E-state index contributed by atoms with van der Waals surface area (Å²) in [5.41, 5.74) is 0.790. The van der Waals surface area contributed by atoms with E-state index in [-0.39, 0.29) is 17.6 Å². The maximum absolute atomic E-state index is 11.9. The van der Waals surface area contributed by atoms with Crippen molar-refractivity contribution in [1.82, 2.24) is 15.6 Å². The summed E-state index contributed by atoms with van der Waals surface area (Å²) in [6, 6.07) is 2.98. The zero-order chi connectivity index (χ0) is 13.7. The highest BCUT2D eigenvalue weighted by molar-refractivity contribution is 5.85. The molecule has 2 heterocycles. The first-order valence-electron chi connectivity index (χ1n) is 6.36. The molecule has 0 bridgehead atoms. The second kappa shape index (κ2) is 6.29. The molecule has 1 saturated heterocycles. The normalized spacial score (nSPS) is 18.8. The van der Waals surface area contributed by atoms with Gasteiger partial charge in [0.05, 0.1) is 6.04 Å². The Labute approximate surface area is 111 Å². The van der Waals surface area contributed by atoms with E-state index in [0.717, 1.165) is 31.4 Å². The number of aromatic nitrogens is 1. The molecule has 3 N–H and O–H groups in total. The van der Waals surface area contributed by atoms with Gasteiger partial charge in [-0.1, -0.05) is 12.5 Å². The molecule has 0 aliphatic carbocycles. The first kappa shape index (κ1) is 13.5. The van der Waals surface area contributed by atoms with Crippen molar-refractivity contribution in [3.8, 4) is 0 Å². The van der Waals surface area contributed by atoms with Crippen LogP contribution in [-0.2, 0) is 11.3 Å². The minimum Gasteiger partial charge on any atom is -0.477 e. The van der Waals surface area contributed by atoms with Gasteiger partial charge < -0.3 is 15.7 Å². The summed E-state index contributed by atoms with van der Waals surface area (Å²) in [5, 5.41) is 14.7. The van der Waals surface area contributed by atoms with Crippen LogP contribution in [0, 0.1) is 0 Å². The highest BCUT2D eigenvalue weighted by Crippen LogP contribution is 2.07. The molecular formula is C13H17N3O3. The molecule has 0 aromatic carbocycles. The van der Waals surface area contributed by atoms with E-state index in [1.807, 2.05) is 0 Å². The number of nitrogens with one attached hydrogen (secondary N) is 2. The average Bonchev–Trinajstić information content (AvgIpc) is 2.46. The molecule has 1 fully saturated rings. The fourth-order valence-electron chi connectivity index (χ4n) is 2.04. The molecule has 1 atom stereocenters. The topological polar surface area (TPSA) is 91.3 Å². The first-order chi connectivity index (χ1) is 9.16. The SMILES string of the molecule is O=C(O)c1ccc(CNC(=O)[C@H]2CCCCN2)cn1. The van der Waals surface area contributed by atoms with Crippen LogP contribution in [0.1, 0.15) is 35.3 Å². The van der Waals surface area contributed by atoms with Crippen molar-refractivity contribution in [3.63, 3.8) is 0 Å². The molecule has 1 aromatic rings. The number of amides is 1. The first-order valence-corrected chi connectivity index (χ1v) is 6.36. The third kappa shape index (κ3) is 3.75. The van der Waals surface area contributed by atoms with E-state index in [9.17, 15) is 9.59 Å². The molecule has 2 rings (SSSR count). The van der Waals surface area contributed by atoms with E-state index in [2.05, 4.69) is 15.6 Å². The van der Waals surface area contributed by atoms with Crippen molar-refractivity contribution < 1.29 is 14.7 Å². The number of rotatable bonds is 4. The quantitative estimate of drug-likeness (QED) is 0.737. The molecule has 1 amide bonds. The van der Waals surface area contributed by atoms with Crippen molar-refractivity contribution >= 4 is 11.9 Å². The Bertz CT molecular complexity index is 453. The van der Waals surface area contributed by atoms with E-state index in [0.29, 0.717) is 6.54 Å². The monoisotopic (exact) mass is 263 g/mol. The van der Waals surface area contributed by atoms with Crippen molar-refractivity contribution in [3.05, 3.63) is 29.6 Å². The van der Waals surface area contributed by atoms with Gasteiger partial charge in [0.1, 0.15) is 5.69 Å². The molecule has 1 aliphatic heterocycles. The predicted octanol–water partition coefficient (Wildman–Crippen LogP) is 0.538. The minimum absolute atomic E-state index is 0.00373. The van der Waals surface area contributed by atoms with E-state index < -0.39 is 5.97 Å². The lowest BCUT2D eigenvalue weighted by atomic mass is 10.0. The fraction of sp³-hybridized carbons (Fsp3) is 0.462. The van der Waals surface area contributed by atoms with Crippen molar-refractivity contribution in [2.24, 2.45) is 0 Å². The second-order valence-corrected chi connectivity index (χ2v) is 4.58. The van der Waals surface area contributed by atoms with E-state index >= 15 is 0 Å². The number of carbonyl (C=O) groups is 2.